The number of esters is 1. The highest BCUT2D eigenvalue weighted by Gasteiger charge is 2.35. The molecule has 2 N–H and O–H groups in total. The maximum Gasteiger partial charge on any atom is 0.343 e. The number of halogens is 2. The maximum atomic E-state index is 12.7. The van der Waals surface area contributed by atoms with E-state index in [9.17, 15) is 19.2 Å². The summed E-state index contributed by atoms with van der Waals surface area (Å²) in [6, 6.07) is 9.44. The van der Waals surface area contributed by atoms with Crippen molar-refractivity contribution >= 4 is 58.8 Å². The molecule has 2 aromatic carbocycles. The van der Waals surface area contributed by atoms with Crippen molar-refractivity contribution < 1.29 is 28.7 Å². The van der Waals surface area contributed by atoms with Gasteiger partial charge in [0.2, 0.25) is 5.91 Å². The summed E-state index contributed by atoms with van der Waals surface area (Å²) in [5, 5.41) is 5.34. The van der Waals surface area contributed by atoms with E-state index in [-0.39, 0.29) is 28.1 Å². The summed E-state index contributed by atoms with van der Waals surface area (Å²) in [4.78, 5) is 49.6. The number of urea groups is 1. The number of para-hydroxylation sites is 1. The number of methoxy groups -OCH3 is 1. The molecule has 1 saturated heterocycles. The zero-order chi connectivity index (χ0) is 24.8. The van der Waals surface area contributed by atoms with Crippen LogP contribution in [0.3, 0.4) is 0 Å². The molecule has 0 aliphatic carbocycles. The van der Waals surface area contributed by atoms with Crippen molar-refractivity contribution in [1.29, 1.82) is 0 Å². The zero-order valence-corrected chi connectivity index (χ0v) is 19.8. The number of carbonyl (C=O) groups is 4. The average molecular weight is 506 g/mol. The summed E-state index contributed by atoms with van der Waals surface area (Å²) in [6.45, 7) is 1.11. The first kappa shape index (κ1) is 25.1. The molecule has 178 valence electrons. The highest BCUT2D eigenvalue weighted by atomic mass is 35.5. The van der Waals surface area contributed by atoms with Crippen molar-refractivity contribution in [3.63, 3.8) is 0 Å². The Morgan fingerprint density at radius 1 is 1.15 bits per heavy atom. The first-order valence-electron chi connectivity index (χ1n) is 10.1. The van der Waals surface area contributed by atoms with Crippen LogP contribution in [0.1, 0.15) is 18.1 Å². The highest BCUT2D eigenvalue weighted by molar-refractivity contribution is 6.37. The van der Waals surface area contributed by atoms with E-state index in [0.29, 0.717) is 17.7 Å². The van der Waals surface area contributed by atoms with E-state index in [1.54, 1.807) is 12.1 Å². The molecule has 0 spiro atoms. The molecular formula is C23H21Cl2N3O6. The van der Waals surface area contributed by atoms with E-state index in [1.165, 1.54) is 25.3 Å². The van der Waals surface area contributed by atoms with Gasteiger partial charge in [-0.25, -0.2) is 14.5 Å². The number of carbonyl (C=O) groups excluding carboxylic acids is 4. The third kappa shape index (κ3) is 5.86. The Balaban J connectivity index is 1.72. The third-order valence-electron chi connectivity index (χ3n) is 4.83. The number of nitrogens with one attached hydrogen (secondary N) is 2. The molecule has 0 bridgehead atoms. The van der Waals surface area contributed by atoms with Gasteiger partial charge in [-0.05, 0) is 41.8 Å². The number of nitrogens with zero attached hydrogens (tertiary/aromatic N) is 1. The number of aryl methyl sites for hydroxylation is 1. The minimum absolute atomic E-state index is 0.0536. The predicted octanol–water partition coefficient (Wildman–Crippen LogP) is 3.64. The van der Waals surface area contributed by atoms with Gasteiger partial charge in [0.05, 0.1) is 17.2 Å². The minimum atomic E-state index is -0.731. The van der Waals surface area contributed by atoms with Crippen molar-refractivity contribution in [3.8, 4) is 5.75 Å². The van der Waals surface area contributed by atoms with E-state index in [0.717, 1.165) is 10.5 Å². The summed E-state index contributed by atoms with van der Waals surface area (Å²) >= 11 is 12.4. The SMILES string of the molecule is CCc1ccccc1NC(=O)CN1C(=O)N/C(=C/c2cc(Cl)c(OCC(=O)OC)c(Cl)c2)C1=O. The molecule has 11 heteroatoms. The molecule has 0 aromatic heterocycles. The third-order valence-corrected chi connectivity index (χ3v) is 5.39. The van der Waals surface area contributed by atoms with Gasteiger partial charge in [-0.1, -0.05) is 48.3 Å². The second-order valence-electron chi connectivity index (χ2n) is 7.12. The fraction of sp³-hybridized carbons (Fsp3) is 0.217. The molecule has 34 heavy (non-hydrogen) atoms. The lowest BCUT2D eigenvalue weighted by molar-refractivity contribution is -0.142. The van der Waals surface area contributed by atoms with Crippen LogP contribution >= 0.6 is 23.2 Å². The molecule has 0 saturated carbocycles. The maximum absolute atomic E-state index is 12.7. The lowest BCUT2D eigenvalue weighted by atomic mass is 10.1. The van der Waals surface area contributed by atoms with Crippen molar-refractivity contribution in [2.24, 2.45) is 0 Å². The van der Waals surface area contributed by atoms with Crippen molar-refractivity contribution in [2.75, 3.05) is 25.6 Å². The van der Waals surface area contributed by atoms with Crippen LogP contribution < -0.4 is 15.4 Å². The van der Waals surface area contributed by atoms with E-state index in [4.69, 9.17) is 27.9 Å². The molecule has 1 aliphatic rings. The van der Waals surface area contributed by atoms with Crippen molar-refractivity contribution in [3.05, 3.63) is 63.3 Å². The van der Waals surface area contributed by atoms with E-state index in [2.05, 4.69) is 15.4 Å². The van der Waals surface area contributed by atoms with Crippen LogP contribution in [0, 0.1) is 0 Å². The molecule has 1 fully saturated rings. The predicted molar refractivity (Wildman–Crippen MR) is 127 cm³/mol. The first-order chi connectivity index (χ1) is 16.2. The largest absolute Gasteiger partial charge is 0.479 e. The van der Waals surface area contributed by atoms with Crippen molar-refractivity contribution in [2.45, 2.75) is 13.3 Å². The quantitative estimate of drug-likeness (QED) is 0.321. The van der Waals surface area contributed by atoms with Crippen LogP contribution in [-0.4, -0.2) is 49.0 Å². The van der Waals surface area contributed by atoms with Gasteiger partial charge in [0.15, 0.2) is 12.4 Å². The Morgan fingerprint density at radius 2 is 1.82 bits per heavy atom. The molecule has 1 heterocycles. The number of imide groups is 1. The smallest absolute Gasteiger partial charge is 0.343 e. The van der Waals surface area contributed by atoms with Crippen LogP contribution in [0.4, 0.5) is 10.5 Å². The summed E-state index contributed by atoms with van der Waals surface area (Å²) < 4.78 is 9.76. The number of amides is 4. The van der Waals surface area contributed by atoms with Crippen LogP contribution in [-0.2, 0) is 25.5 Å². The molecule has 0 atom stereocenters. The normalized spacial score (nSPS) is 14.2. The number of hydrogen-bond donors (Lipinski definition) is 2. The second kappa shape index (κ2) is 11.0. The second-order valence-corrected chi connectivity index (χ2v) is 7.93. The van der Waals surface area contributed by atoms with Gasteiger partial charge in [0, 0.05) is 5.69 Å². The molecule has 2 aromatic rings. The van der Waals surface area contributed by atoms with Crippen LogP contribution in [0.15, 0.2) is 42.1 Å². The Hall–Kier alpha value is -3.56. The van der Waals surface area contributed by atoms with Crippen molar-refractivity contribution in [1.82, 2.24) is 10.2 Å². The fourth-order valence-corrected chi connectivity index (χ4v) is 3.77. The minimum Gasteiger partial charge on any atom is -0.479 e. The number of hydrogen-bond acceptors (Lipinski definition) is 6. The number of benzene rings is 2. The summed E-state index contributed by atoms with van der Waals surface area (Å²) in [7, 11) is 1.22. The van der Waals surface area contributed by atoms with Gasteiger partial charge in [-0.3, -0.25) is 9.59 Å². The highest BCUT2D eigenvalue weighted by Crippen LogP contribution is 2.35. The average Bonchev–Trinajstić information content (AvgIpc) is 3.05. The fourth-order valence-electron chi connectivity index (χ4n) is 3.16. The molecule has 3 rings (SSSR count). The van der Waals surface area contributed by atoms with Gasteiger partial charge in [0.25, 0.3) is 5.91 Å². The summed E-state index contributed by atoms with van der Waals surface area (Å²) in [5.74, 6) is -1.73. The Labute approximate surface area is 205 Å². The Bertz CT molecular complexity index is 1160. The Kier molecular flexibility index (Phi) is 8.14. The molecule has 0 unspecified atom stereocenters. The zero-order valence-electron chi connectivity index (χ0n) is 18.3. The van der Waals surface area contributed by atoms with Crippen LogP contribution in [0.5, 0.6) is 5.75 Å². The molecule has 1 aliphatic heterocycles. The first-order valence-corrected chi connectivity index (χ1v) is 10.9. The number of ether oxygens (including phenoxy) is 2. The molecule has 4 amide bonds. The Morgan fingerprint density at radius 3 is 2.47 bits per heavy atom. The topological polar surface area (TPSA) is 114 Å². The van der Waals surface area contributed by atoms with E-state index in [1.807, 2.05) is 19.1 Å². The lowest BCUT2D eigenvalue weighted by Gasteiger charge is -2.13. The van der Waals surface area contributed by atoms with Gasteiger partial charge in [0.1, 0.15) is 12.2 Å². The van der Waals surface area contributed by atoms with E-state index < -0.39 is 30.4 Å². The number of rotatable bonds is 8. The van der Waals surface area contributed by atoms with Gasteiger partial charge < -0.3 is 20.1 Å². The lowest BCUT2D eigenvalue weighted by Crippen LogP contribution is -2.38. The van der Waals surface area contributed by atoms with Gasteiger partial charge in [-0.2, -0.15) is 0 Å². The van der Waals surface area contributed by atoms with Crippen LogP contribution in [0.2, 0.25) is 10.0 Å². The van der Waals surface area contributed by atoms with E-state index >= 15 is 0 Å². The van der Waals surface area contributed by atoms with Gasteiger partial charge >= 0.3 is 12.0 Å². The van der Waals surface area contributed by atoms with Crippen LogP contribution in [0.25, 0.3) is 6.08 Å². The standard InChI is InChI=1S/C23H21Cl2N3O6/c1-3-14-6-4-5-7-17(14)26-19(29)11-28-22(31)18(27-23(28)32)10-13-8-15(24)21(16(25)9-13)34-12-20(30)33-2/h4-10H,3,11-12H2,1-2H3,(H,26,29)(H,27,32)/b18-10+. The summed E-state index contributed by atoms with van der Waals surface area (Å²) in [5.41, 5.74) is 1.90. The van der Waals surface area contributed by atoms with Gasteiger partial charge in [-0.15, -0.1) is 0 Å². The molecule has 9 nitrogen and oxygen atoms in total. The summed E-state index contributed by atoms with van der Waals surface area (Å²) in [6.07, 6.45) is 2.08. The molecular weight excluding hydrogens is 485 g/mol. The number of anilines is 1. The monoisotopic (exact) mass is 505 g/mol. The molecule has 0 radical (unpaired) electrons.